The summed E-state index contributed by atoms with van der Waals surface area (Å²) in [5, 5.41) is 0.0205. The van der Waals surface area contributed by atoms with Crippen molar-refractivity contribution in [2.24, 2.45) is 5.92 Å². The third-order valence-electron chi connectivity index (χ3n) is 6.39. The van der Waals surface area contributed by atoms with E-state index in [0.29, 0.717) is 29.8 Å². The molecule has 8 nitrogen and oxygen atoms in total. The molecular weight excluding hydrogens is 549 g/mol. The molecule has 0 bridgehead atoms. The molecule has 0 aromatic heterocycles. The fourth-order valence-corrected chi connectivity index (χ4v) is 5.45. The van der Waals surface area contributed by atoms with Gasteiger partial charge in [0, 0.05) is 12.1 Å². The summed E-state index contributed by atoms with van der Waals surface area (Å²) in [5.41, 5.74) is 0.274. The van der Waals surface area contributed by atoms with Crippen molar-refractivity contribution in [2.45, 2.75) is 37.2 Å². The van der Waals surface area contributed by atoms with Crippen molar-refractivity contribution in [3.8, 4) is 23.0 Å². The number of halogens is 2. The Bertz CT molecular complexity index is 1400. The van der Waals surface area contributed by atoms with Gasteiger partial charge < -0.3 is 18.9 Å². The Labute approximate surface area is 232 Å². The van der Waals surface area contributed by atoms with Crippen LogP contribution in [0.1, 0.15) is 41.6 Å². The molecule has 3 aromatic rings. The smallest absolute Gasteiger partial charge is 0.268 e. The van der Waals surface area contributed by atoms with Gasteiger partial charge in [-0.1, -0.05) is 24.4 Å². The Morgan fingerprint density at radius 2 is 1.59 bits per heavy atom. The van der Waals surface area contributed by atoms with Crippen LogP contribution in [0, 0.1) is 11.7 Å². The normalized spacial score (nSPS) is 13.6. The lowest BCUT2D eigenvalue weighted by Gasteiger charge is -2.14. The predicted octanol–water partition coefficient (Wildman–Crippen LogP) is 5.76. The maximum absolute atomic E-state index is 14.7. The van der Waals surface area contributed by atoms with Gasteiger partial charge in [0.2, 0.25) is 0 Å². The lowest BCUT2D eigenvalue weighted by atomic mass is 10.1. The Balaban J connectivity index is 1.39. The van der Waals surface area contributed by atoms with Crippen LogP contribution in [-0.4, -0.2) is 35.2 Å². The molecule has 11 heteroatoms. The third-order valence-corrected chi connectivity index (χ3v) is 8.04. The van der Waals surface area contributed by atoms with E-state index in [4.69, 9.17) is 30.5 Å². The predicted molar refractivity (Wildman–Crippen MR) is 144 cm³/mol. The number of hydrogen-bond donors (Lipinski definition) is 1. The maximum atomic E-state index is 14.7. The first kappa shape index (κ1) is 28.5. The molecule has 0 spiro atoms. The molecular formula is C28H29ClFNO7S. The van der Waals surface area contributed by atoms with Gasteiger partial charge in [-0.2, -0.15) is 0 Å². The number of carbonyl (C=O) groups is 1. The first-order valence-corrected chi connectivity index (χ1v) is 14.2. The van der Waals surface area contributed by atoms with Gasteiger partial charge in [0.05, 0.1) is 36.3 Å². The average molecular weight is 578 g/mol. The number of sulfonamides is 1. The Kier molecular flexibility index (Phi) is 9.19. The lowest BCUT2D eigenvalue weighted by Crippen LogP contribution is -2.31. The third kappa shape index (κ3) is 7.33. The molecule has 0 aliphatic heterocycles. The number of rotatable bonds is 11. The highest BCUT2D eigenvalue weighted by Crippen LogP contribution is 2.31. The van der Waals surface area contributed by atoms with Crippen LogP contribution < -0.4 is 23.7 Å². The van der Waals surface area contributed by atoms with Crippen molar-refractivity contribution in [3.63, 3.8) is 0 Å². The zero-order valence-corrected chi connectivity index (χ0v) is 23.1. The maximum Gasteiger partial charge on any atom is 0.268 e. The summed E-state index contributed by atoms with van der Waals surface area (Å²) >= 11 is 6.20. The van der Waals surface area contributed by atoms with E-state index in [2.05, 4.69) is 0 Å². The van der Waals surface area contributed by atoms with Gasteiger partial charge >= 0.3 is 0 Å². The van der Waals surface area contributed by atoms with Crippen LogP contribution >= 0.6 is 11.6 Å². The highest BCUT2D eigenvalue weighted by molar-refractivity contribution is 7.90. The molecule has 0 unspecified atom stereocenters. The molecule has 1 saturated carbocycles. The van der Waals surface area contributed by atoms with E-state index in [0.717, 1.165) is 43.4 Å². The second-order valence-corrected chi connectivity index (χ2v) is 11.2. The Morgan fingerprint density at radius 1 is 0.949 bits per heavy atom. The van der Waals surface area contributed by atoms with Crippen molar-refractivity contribution in [3.05, 3.63) is 76.6 Å². The van der Waals surface area contributed by atoms with Crippen molar-refractivity contribution in [2.75, 3.05) is 20.8 Å². The molecule has 1 amide bonds. The molecule has 1 aliphatic rings. The van der Waals surface area contributed by atoms with E-state index < -0.39 is 27.3 Å². The fraction of sp³-hybridized carbons (Fsp3) is 0.321. The molecule has 1 N–H and O–H groups in total. The van der Waals surface area contributed by atoms with Crippen LogP contribution in [0.15, 0.2) is 59.5 Å². The molecule has 0 radical (unpaired) electrons. The number of benzene rings is 3. The second-order valence-electron chi connectivity index (χ2n) is 9.14. The second kappa shape index (κ2) is 12.6. The van der Waals surface area contributed by atoms with Crippen molar-refractivity contribution < 1.29 is 36.6 Å². The first-order valence-electron chi connectivity index (χ1n) is 12.3. The number of carbonyl (C=O) groups excluding carboxylic acids is 1. The van der Waals surface area contributed by atoms with E-state index in [-0.39, 0.29) is 22.3 Å². The molecule has 3 aromatic carbocycles. The summed E-state index contributed by atoms with van der Waals surface area (Å²) in [4.78, 5) is 12.4. The Hall–Kier alpha value is -3.50. The van der Waals surface area contributed by atoms with Gasteiger partial charge in [-0.15, -0.1) is 0 Å². The number of amides is 1. The molecule has 4 rings (SSSR count). The van der Waals surface area contributed by atoms with Gasteiger partial charge in [0.15, 0.2) is 0 Å². The van der Waals surface area contributed by atoms with E-state index in [1.165, 1.54) is 24.3 Å². The summed E-state index contributed by atoms with van der Waals surface area (Å²) in [7, 11) is -1.21. The minimum Gasteiger partial charge on any atom is -0.497 e. The summed E-state index contributed by atoms with van der Waals surface area (Å²) in [6.45, 7) is 0.587. The van der Waals surface area contributed by atoms with Crippen molar-refractivity contribution in [1.82, 2.24) is 4.72 Å². The topological polar surface area (TPSA) is 100 Å². The van der Waals surface area contributed by atoms with Gasteiger partial charge in [0.25, 0.3) is 15.9 Å². The minimum absolute atomic E-state index is 0.0205. The summed E-state index contributed by atoms with van der Waals surface area (Å²) in [6.07, 6.45) is 4.36. The largest absolute Gasteiger partial charge is 0.497 e. The van der Waals surface area contributed by atoms with E-state index in [1.807, 2.05) is 4.72 Å². The lowest BCUT2D eigenvalue weighted by molar-refractivity contribution is 0.0977. The van der Waals surface area contributed by atoms with Crippen LogP contribution in [-0.2, 0) is 16.6 Å². The van der Waals surface area contributed by atoms with Crippen LogP contribution in [0.4, 0.5) is 4.39 Å². The van der Waals surface area contributed by atoms with Gasteiger partial charge in [0.1, 0.15) is 35.4 Å². The number of methoxy groups -OCH3 is 2. The van der Waals surface area contributed by atoms with Crippen LogP contribution in [0.25, 0.3) is 0 Å². The minimum atomic E-state index is -4.30. The SMILES string of the molecule is COc1cc(COc2ccc(S(=O)(=O)NC(=O)c3cc(Cl)c(OCC4CCCC4)cc3F)cc2)cc(OC)c1. The van der Waals surface area contributed by atoms with Crippen LogP contribution in [0.5, 0.6) is 23.0 Å². The standard InChI is InChI=1S/C28H29ClFNO7S/c1-35-21-11-19(12-22(13-21)36-2)17-37-20-7-9-23(10-8-20)39(33,34)31-28(32)24-14-25(29)27(15-26(24)30)38-16-18-5-3-4-6-18/h7-15,18H,3-6,16-17H2,1-2H3,(H,31,32). The molecule has 0 saturated heterocycles. The molecule has 208 valence electrons. The summed E-state index contributed by atoms with van der Waals surface area (Å²) in [5.74, 6) is 0.0228. The van der Waals surface area contributed by atoms with Crippen LogP contribution in [0.3, 0.4) is 0 Å². The van der Waals surface area contributed by atoms with Gasteiger partial charge in [-0.05, 0) is 66.8 Å². The number of ether oxygens (including phenoxy) is 4. The van der Waals surface area contributed by atoms with E-state index in [1.54, 1.807) is 32.4 Å². The molecule has 1 aliphatic carbocycles. The molecule has 1 fully saturated rings. The van der Waals surface area contributed by atoms with Crippen LogP contribution in [0.2, 0.25) is 5.02 Å². The molecule has 0 heterocycles. The highest BCUT2D eigenvalue weighted by atomic mass is 35.5. The molecule has 39 heavy (non-hydrogen) atoms. The zero-order chi connectivity index (χ0) is 28.0. The zero-order valence-electron chi connectivity index (χ0n) is 21.5. The van der Waals surface area contributed by atoms with Gasteiger partial charge in [-0.25, -0.2) is 17.5 Å². The molecule has 0 atom stereocenters. The Morgan fingerprint density at radius 3 is 2.21 bits per heavy atom. The van der Waals surface area contributed by atoms with Crippen molar-refractivity contribution >= 4 is 27.5 Å². The quantitative estimate of drug-likeness (QED) is 0.309. The average Bonchev–Trinajstić information content (AvgIpc) is 3.45. The highest BCUT2D eigenvalue weighted by Gasteiger charge is 2.23. The summed E-state index contributed by atoms with van der Waals surface area (Å²) in [6, 6.07) is 12.8. The monoisotopic (exact) mass is 577 g/mol. The first-order chi connectivity index (χ1) is 18.7. The van der Waals surface area contributed by atoms with Gasteiger partial charge in [-0.3, -0.25) is 4.79 Å². The van der Waals surface area contributed by atoms with E-state index in [9.17, 15) is 17.6 Å². The van der Waals surface area contributed by atoms with Crippen molar-refractivity contribution in [1.29, 1.82) is 0 Å². The number of nitrogens with one attached hydrogen (secondary N) is 1. The fourth-order valence-electron chi connectivity index (χ4n) is 4.27. The van der Waals surface area contributed by atoms with E-state index >= 15 is 0 Å². The summed E-state index contributed by atoms with van der Waals surface area (Å²) < 4.78 is 64.0. The number of hydrogen-bond acceptors (Lipinski definition) is 7.